The van der Waals surface area contributed by atoms with Crippen molar-refractivity contribution in [1.82, 2.24) is 20.3 Å². The molecule has 0 amide bonds. The summed E-state index contributed by atoms with van der Waals surface area (Å²) in [4.78, 5) is 16.4. The normalized spacial score (nSPS) is 23.8. The summed E-state index contributed by atoms with van der Waals surface area (Å²) in [7, 11) is 0. The lowest BCUT2D eigenvalue weighted by atomic mass is 9.81. The van der Waals surface area contributed by atoms with Gasteiger partial charge in [0.2, 0.25) is 0 Å². The number of nitrogens with one attached hydrogen (secondary N) is 2. The number of fused-ring (bicyclic) bond motifs is 1. The number of aromatic amines is 1. The molecule has 5 heterocycles. The van der Waals surface area contributed by atoms with E-state index < -0.39 is 0 Å². The summed E-state index contributed by atoms with van der Waals surface area (Å²) in [6.45, 7) is 5.48. The van der Waals surface area contributed by atoms with Gasteiger partial charge in [-0.15, -0.1) is 11.3 Å². The van der Waals surface area contributed by atoms with Crippen LogP contribution in [0.1, 0.15) is 37.0 Å². The van der Waals surface area contributed by atoms with Crippen molar-refractivity contribution in [1.29, 1.82) is 0 Å². The van der Waals surface area contributed by atoms with E-state index in [1.165, 1.54) is 53.6 Å². The fourth-order valence-corrected chi connectivity index (χ4v) is 5.45. The Bertz CT molecular complexity index is 916. The molecule has 1 atom stereocenters. The Labute approximate surface area is 157 Å². The third-order valence-corrected chi connectivity index (χ3v) is 6.85. The van der Waals surface area contributed by atoms with Crippen LogP contribution in [0.3, 0.4) is 0 Å². The molecule has 5 rings (SSSR count). The number of rotatable bonds is 2. The van der Waals surface area contributed by atoms with Gasteiger partial charge in [0.1, 0.15) is 10.7 Å². The predicted molar refractivity (Wildman–Crippen MR) is 108 cm³/mol. The lowest BCUT2D eigenvalue weighted by Gasteiger charge is -2.47. The van der Waals surface area contributed by atoms with Gasteiger partial charge in [0.05, 0.1) is 11.1 Å². The van der Waals surface area contributed by atoms with Gasteiger partial charge in [0.25, 0.3) is 0 Å². The first-order valence-electron chi connectivity index (χ1n) is 9.63. The van der Waals surface area contributed by atoms with E-state index in [0.717, 1.165) is 30.3 Å². The molecule has 0 aromatic carbocycles. The van der Waals surface area contributed by atoms with E-state index in [4.69, 9.17) is 0 Å². The monoisotopic (exact) mass is 367 g/mol. The van der Waals surface area contributed by atoms with Gasteiger partial charge >= 0.3 is 0 Å². The zero-order valence-electron chi connectivity index (χ0n) is 15.2. The van der Waals surface area contributed by atoms with Gasteiger partial charge < -0.3 is 15.2 Å². The SMILES string of the molecule is Cc1cnc(-c2c[nH]c3nccc(N4CCC[C@@]5(CCCCN5)C4)c23)s1. The zero-order chi connectivity index (χ0) is 17.6. The lowest BCUT2D eigenvalue weighted by molar-refractivity contribution is 0.216. The third kappa shape index (κ3) is 2.72. The van der Waals surface area contributed by atoms with Crippen molar-refractivity contribution in [3.05, 3.63) is 29.5 Å². The molecule has 2 N–H and O–H groups in total. The molecule has 0 bridgehead atoms. The van der Waals surface area contributed by atoms with Crippen molar-refractivity contribution in [2.45, 2.75) is 44.6 Å². The second-order valence-corrected chi connectivity index (χ2v) is 8.96. The molecule has 0 radical (unpaired) electrons. The number of hydrogen-bond donors (Lipinski definition) is 2. The van der Waals surface area contributed by atoms with Crippen molar-refractivity contribution in [3.8, 4) is 10.6 Å². The van der Waals surface area contributed by atoms with E-state index in [0.29, 0.717) is 5.54 Å². The quantitative estimate of drug-likeness (QED) is 0.716. The Hall–Kier alpha value is -1.92. The summed E-state index contributed by atoms with van der Waals surface area (Å²) in [5.41, 5.74) is 3.73. The largest absolute Gasteiger partial charge is 0.369 e. The number of nitrogens with zero attached hydrogens (tertiary/aromatic N) is 3. The van der Waals surface area contributed by atoms with Gasteiger partial charge in [-0.2, -0.15) is 0 Å². The number of aryl methyl sites for hydroxylation is 1. The molecule has 2 saturated heterocycles. The second kappa shape index (κ2) is 6.35. The fraction of sp³-hybridized carbons (Fsp3) is 0.500. The first kappa shape index (κ1) is 16.3. The van der Waals surface area contributed by atoms with Gasteiger partial charge in [-0.1, -0.05) is 6.42 Å². The van der Waals surface area contributed by atoms with E-state index in [9.17, 15) is 0 Å². The van der Waals surface area contributed by atoms with Gasteiger partial charge in [0.15, 0.2) is 0 Å². The lowest BCUT2D eigenvalue weighted by Crippen LogP contribution is -2.59. The molecule has 136 valence electrons. The number of pyridine rings is 1. The van der Waals surface area contributed by atoms with E-state index in [1.807, 2.05) is 12.4 Å². The molecule has 3 aromatic rings. The second-order valence-electron chi connectivity index (χ2n) is 7.72. The number of H-pyrrole nitrogens is 1. The number of piperidine rings is 2. The number of hydrogen-bond acceptors (Lipinski definition) is 5. The van der Waals surface area contributed by atoms with Crippen LogP contribution >= 0.6 is 11.3 Å². The Morgan fingerprint density at radius 2 is 2.12 bits per heavy atom. The smallest absolute Gasteiger partial charge is 0.140 e. The Balaban J connectivity index is 1.57. The van der Waals surface area contributed by atoms with Gasteiger partial charge in [-0.3, -0.25) is 0 Å². The van der Waals surface area contributed by atoms with Crippen LogP contribution < -0.4 is 10.2 Å². The molecular weight excluding hydrogens is 342 g/mol. The standard InChI is InChI=1S/C20H25N5S/c1-14-11-23-19(26-14)15-12-22-18-17(15)16(5-9-21-18)25-10-4-7-20(13-25)6-2-3-8-24-20/h5,9,11-12,24H,2-4,6-8,10,13H2,1H3,(H,21,22)/t20-/m0/s1. The minimum Gasteiger partial charge on any atom is -0.369 e. The third-order valence-electron chi connectivity index (χ3n) is 5.90. The molecule has 3 aromatic heterocycles. The van der Waals surface area contributed by atoms with E-state index >= 15 is 0 Å². The maximum atomic E-state index is 4.62. The van der Waals surface area contributed by atoms with Crippen LogP contribution in [0.25, 0.3) is 21.6 Å². The molecule has 26 heavy (non-hydrogen) atoms. The van der Waals surface area contributed by atoms with Crippen LogP contribution in [0.4, 0.5) is 5.69 Å². The minimum atomic E-state index is 0.292. The van der Waals surface area contributed by atoms with Crippen LogP contribution in [0.5, 0.6) is 0 Å². The fourth-order valence-electron chi connectivity index (χ4n) is 4.67. The zero-order valence-corrected chi connectivity index (χ0v) is 16.0. The van der Waals surface area contributed by atoms with Crippen molar-refractivity contribution in [2.75, 3.05) is 24.5 Å². The summed E-state index contributed by atoms with van der Waals surface area (Å²) in [5.74, 6) is 0. The number of anilines is 1. The maximum Gasteiger partial charge on any atom is 0.140 e. The van der Waals surface area contributed by atoms with E-state index in [2.05, 4.69) is 44.4 Å². The average molecular weight is 368 g/mol. The highest BCUT2D eigenvalue weighted by molar-refractivity contribution is 7.15. The first-order chi connectivity index (χ1) is 12.7. The predicted octanol–water partition coefficient (Wildman–Crippen LogP) is 4.11. The van der Waals surface area contributed by atoms with Gasteiger partial charge in [-0.25, -0.2) is 9.97 Å². The Morgan fingerprint density at radius 3 is 2.92 bits per heavy atom. The van der Waals surface area contributed by atoms with Crippen LogP contribution in [-0.2, 0) is 0 Å². The number of aromatic nitrogens is 3. The molecule has 0 aliphatic carbocycles. The molecule has 2 aliphatic heterocycles. The van der Waals surface area contributed by atoms with Gasteiger partial charge in [0, 0.05) is 47.7 Å². The molecule has 0 saturated carbocycles. The van der Waals surface area contributed by atoms with Crippen molar-refractivity contribution in [3.63, 3.8) is 0 Å². The highest BCUT2D eigenvalue weighted by Gasteiger charge is 2.37. The summed E-state index contributed by atoms with van der Waals surface area (Å²) < 4.78 is 0. The molecule has 5 nitrogen and oxygen atoms in total. The van der Waals surface area contributed by atoms with E-state index in [-0.39, 0.29) is 0 Å². The van der Waals surface area contributed by atoms with Crippen LogP contribution in [0, 0.1) is 6.92 Å². The Kier molecular flexibility index (Phi) is 3.98. The first-order valence-corrected chi connectivity index (χ1v) is 10.4. The van der Waals surface area contributed by atoms with Crippen molar-refractivity contribution in [2.24, 2.45) is 0 Å². The van der Waals surface area contributed by atoms with Gasteiger partial charge in [-0.05, 0) is 45.2 Å². The highest BCUT2D eigenvalue weighted by atomic mass is 32.1. The van der Waals surface area contributed by atoms with Crippen LogP contribution in [-0.4, -0.2) is 40.1 Å². The summed E-state index contributed by atoms with van der Waals surface area (Å²) in [6, 6.07) is 2.18. The highest BCUT2D eigenvalue weighted by Crippen LogP contribution is 2.39. The summed E-state index contributed by atoms with van der Waals surface area (Å²) >= 11 is 1.75. The average Bonchev–Trinajstić information content (AvgIpc) is 3.28. The van der Waals surface area contributed by atoms with Crippen LogP contribution in [0.15, 0.2) is 24.7 Å². The maximum absolute atomic E-state index is 4.62. The van der Waals surface area contributed by atoms with Crippen molar-refractivity contribution >= 4 is 28.1 Å². The minimum absolute atomic E-state index is 0.292. The summed E-state index contributed by atoms with van der Waals surface area (Å²) in [6.07, 6.45) is 12.4. The van der Waals surface area contributed by atoms with Crippen molar-refractivity contribution < 1.29 is 0 Å². The molecule has 2 aliphatic rings. The molecule has 2 fully saturated rings. The summed E-state index contributed by atoms with van der Waals surface area (Å²) in [5, 5.41) is 6.14. The van der Waals surface area contributed by atoms with Crippen LogP contribution in [0.2, 0.25) is 0 Å². The van der Waals surface area contributed by atoms with E-state index in [1.54, 1.807) is 11.3 Å². The Morgan fingerprint density at radius 1 is 1.19 bits per heavy atom. The molecule has 6 heteroatoms. The molecule has 0 unspecified atom stereocenters. The number of thiazole rings is 1. The molecule has 1 spiro atoms. The molecular formula is C20H25N5S. The topological polar surface area (TPSA) is 56.8 Å².